The maximum atomic E-state index is 11.8. The Morgan fingerprint density at radius 3 is 2.63 bits per heavy atom. The van der Waals surface area contributed by atoms with Crippen molar-refractivity contribution in [1.82, 2.24) is 10.3 Å². The van der Waals surface area contributed by atoms with Crippen LogP contribution in [0.3, 0.4) is 0 Å². The van der Waals surface area contributed by atoms with Crippen molar-refractivity contribution in [2.24, 2.45) is 0 Å². The van der Waals surface area contributed by atoms with Crippen molar-refractivity contribution >= 4 is 41.6 Å². The molecule has 1 N–H and O–H groups in total. The van der Waals surface area contributed by atoms with Crippen LogP contribution < -0.4 is 5.32 Å². The molecule has 2 rings (SSSR count). The molecule has 0 aliphatic carbocycles. The fourth-order valence-electron chi connectivity index (χ4n) is 1.91. The molecule has 1 aromatic heterocycles. The highest BCUT2D eigenvalue weighted by Gasteiger charge is 2.21. The third-order valence-corrected chi connectivity index (χ3v) is 3.19. The summed E-state index contributed by atoms with van der Waals surface area (Å²) < 4.78 is 5.23. The zero-order valence-electron chi connectivity index (χ0n) is 10.2. The first-order valence-corrected chi connectivity index (χ1v) is 6.63. The average molecular weight is 326 g/mol. The lowest BCUT2D eigenvalue weighted by molar-refractivity contribution is -0.148. The first-order chi connectivity index (χ1) is 8.65. The highest BCUT2D eigenvalue weighted by Crippen LogP contribution is 2.16. The SMILES string of the molecule is Cl.O=C(OCc1cc(Cl)nc(Cl)c1)[C@@H]1CCCCN1. The van der Waals surface area contributed by atoms with E-state index in [4.69, 9.17) is 27.9 Å². The molecule has 2 heterocycles. The van der Waals surface area contributed by atoms with Gasteiger partial charge in [-0.1, -0.05) is 29.6 Å². The molecule has 1 aromatic rings. The van der Waals surface area contributed by atoms with E-state index in [1.54, 1.807) is 12.1 Å². The van der Waals surface area contributed by atoms with Crippen LogP contribution in [0, 0.1) is 0 Å². The Kier molecular flexibility index (Phi) is 6.86. The van der Waals surface area contributed by atoms with E-state index in [2.05, 4.69) is 10.3 Å². The van der Waals surface area contributed by atoms with Gasteiger partial charge in [0.15, 0.2) is 0 Å². The third-order valence-electron chi connectivity index (χ3n) is 2.80. The number of halogens is 3. The first-order valence-electron chi connectivity index (χ1n) is 5.87. The zero-order chi connectivity index (χ0) is 13.0. The van der Waals surface area contributed by atoms with Gasteiger partial charge in [-0.05, 0) is 37.1 Å². The first kappa shape index (κ1) is 16.5. The minimum Gasteiger partial charge on any atom is -0.460 e. The van der Waals surface area contributed by atoms with Crippen molar-refractivity contribution in [1.29, 1.82) is 0 Å². The standard InChI is InChI=1S/C12H14Cl2N2O2.ClH/c13-10-5-8(6-11(14)16-10)7-18-12(17)9-3-1-2-4-15-9;/h5-6,9,15H,1-4,7H2;1H/t9-;/m0./s1. The van der Waals surface area contributed by atoms with Gasteiger partial charge in [-0.3, -0.25) is 4.79 Å². The van der Waals surface area contributed by atoms with E-state index < -0.39 is 0 Å². The fraction of sp³-hybridized carbons (Fsp3) is 0.500. The van der Waals surface area contributed by atoms with Crippen LogP contribution >= 0.6 is 35.6 Å². The van der Waals surface area contributed by atoms with Gasteiger partial charge in [0.25, 0.3) is 0 Å². The topological polar surface area (TPSA) is 51.2 Å². The van der Waals surface area contributed by atoms with E-state index >= 15 is 0 Å². The molecule has 0 aromatic carbocycles. The molecule has 1 saturated heterocycles. The van der Waals surface area contributed by atoms with Crippen LogP contribution in [0.25, 0.3) is 0 Å². The summed E-state index contributed by atoms with van der Waals surface area (Å²) in [5.74, 6) is -0.223. The van der Waals surface area contributed by atoms with Gasteiger partial charge in [0.2, 0.25) is 0 Å². The van der Waals surface area contributed by atoms with Gasteiger partial charge in [0.1, 0.15) is 23.0 Å². The predicted octanol–water partition coefficient (Wildman–Crippen LogP) is 3.00. The Labute approximate surface area is 128 Å². The van der Waals surface area contributed by atoms with E-state index in [0.29, 0.717) is 10.3 Å². The fourth-order valence-corrected chi connectivity index (χ4v) is 2.41. The number of rotatable bonds is 3. The molecule has 0 unspecified atom stereocenters. The largest absolute Gasteiger partial charge is 0.460 e. The Balaban J connectivity index is 0.00000180. The van der Waals surface area contributed by atoms with Gasteiger partial charge in [0, 0.05) is 0 Å². The van der Waals surface area contributed by atoms with Gasteiger partial charge in [-0.25, -0.2) is 4.98 Å². The number of hydrogen-bond donors (Lipinski definition) is 1. The van der Waals surface area contributed by atoms with E-state index in [0.717, 1.165) is 31.4 Å². The summed E-state index contributed by atoms with van der Waals surface area (Å²) in [7, 11) is 0. The lowest BCUT2D eigenvalue weighted by Crippen LogP contribution is -2.41. The van der Waals surface area contributed by atoms with Gasteiger partial charge in [-0.2, -0.15) is 0 Å². The second-order valence-electron chi connectivity index (χ2n) is 4.23. The second-order valence-corrected chi connectivity index (χ2v) is 5.01. The Morgan fingerprint density at radius 1 is 1.37 bits per heavy atom. The third kappa shape index (κ3) is 5.15. The summed E-state index contributed by atoms with van der Waals surface area (Å²) in [5, 5.41) is 3.73. The summed E-state index contributed by atoms with van der Waals surface area (Å²) in [4.78, 5) is 15.6. The van der Waals surface area contributed by atoms with Gasteiger partial charge >= 0.3 is 5.97 Å². The number of nitrogens with zero attached hydrogens (tertiary/aromatic N) is 1. The number of piperidine rings is 1. The lowest BCUT2D eigenvalue weighted by Gasteiger charge is -2.21. The molecule has 0 spiro atoms. The molecule has 0 saturated carbocycles. The second kappa shape index (κ2) is 7.90. The van der Waals surface area contributed by atoms with E-state index in [-0.39, 0.29) is 31.0 Å². The van der Waals surface area contributed by atoms with Crippen LogP contribution in [-0.4, -0.2) is 23.5 Å². The molecule has 1 aliphatic heterocycles. The number of pyridine rings is 1. The quantitative estimate of drug-likeness (QED) is 0.685. The zero-order valence-corrected chi connectivity index (χ0v) is 12.5. The summed E-state index contributed by atoms with van der Waals surface area (Å²) >= 11 is 11.5. The minimum atomic E-state index is -0.223. The number of aromatic nitrogens is 1. The van der Waals surface area contributed by atoms with Crippen LogP contribution in [0.15, 0.2) is 12.1 Å². The Bertz CT molecular complexity index is 417. The summed E-state index contributed by atoms with van der Waals surface area (Å²) in [6, 6.07) is 3.08. The Hall–Kier alpha value is -0.550. The summed E-state index contributed by atoms with van der Waals surface area (Å²) in [6.45, 7) is 1.03. The molecule has 4 nitrogen and oxygen atoms in total. The van der Waals surface area contributed by atoms with Crippen LogP contribution in [0.2, 0.25) is 10.3 Å². The summed E-state index contributed by atoms with van der Waals surface area (Å²) in [6.07, 6.45) is 3.00. The van der Waals surface area contributed by atoms with Gasteiger partial charge < -0.3 is 10.1 Å². The van der Waals surface area contributed by atoms with Crippen molar-refractivity contribution in [3.05, 3.63) is 28.0 Å². The molecular formula is C12H15Cl3N2O2. The number of ether oxygens (including phenoxy) is 1. The lowest BCUT2D eigenvalue weighted by atomic mass is 10.1. The average Bonchev–Trinajstić information content (AvgIpc) is 2.36. The molecule has 106 valence electrons. The normalized spacial score (nSPS) is 18.5. The molecule has 19 heavy (non-hydrogen) atoms. The molecule has 0 amide bonds. The maximum absolute atomic E-state index is 11.8. The number of esters is 1. The number of carbonyl (C=O) groups is 1. The number of hydrogen-bond acceptors (Lipinski definition) is 4. The molecule has 7 heteroatoms. The van der Waals surface area contributed by atoms with E-state index in [9.17, 15) is 4.79 Å². The maximum Gasteiger partial charge on any atom is 0.323 e. The van der Waals surface area contributed by atoms with E-state index in [1.807, 2.05) is 0 Å². The highest BCUT2D eigenvalue weighted by atomic mass is 35.5. The van der Waals surface area contributed by atoms with Crippen molar-refractivity contribution in [2.75, 3.05) is 6.54 Å². The van der Waals surface area contributed by atoms with Crippen LogP contribution in [0.4, 0.5) is 0 Å². The van der Waals surface area contributed by atoms with Crippen LogP contribution in [0.5, 0.6) is 0 Å². The van der Waals surface area contributed by atoms with Crippen molar-refractivity contribution in [3.8, 4) is 0 Å². The predicted molar refractivity (Wildman–Crippen MR) is 76.9 cm³/mol. The molecule has 1 aliphatic rings. The van der Waals surface area contributed by atoms with Crippen LogP contribution in [0.1, 0.15) is 24.8 Å². The minimum absolute atomic E-state index is 0. The van der Waals surface area contributed by atoms with Crippen molar-refractivity contribution in [3.63, 3.8) is 0 Å². The van der Waals surface area contributed by atoms with E-state index in [1.165, 1.54) is 0 Å². The number of nitrogens with one attached hydrogen (secondary N) is 1. The van der Waals surface area contributed by atoms with Gasteiger partial charge in [-0.15, -0.1) is 12.4 Å². The number of carbonyl (C=O) groups excluding carboxylic acids is 1. The monoisotopic (exact) mass is 324 g/mol. The highest BCUT2D eigenvalue weighted by molar-refractivity contribution is 6.32. The molecular weight excluding hydrogens is 311 g/mol. The van der Waals surface area contributed by atoms with Crippen LogP contribution in [-0.2, 0) is 16.1 Å². The molecule has 1 atom stereocenters. The Morgan fingerprint density at radius 2 is 2.05 bits per heavy atom. The smallest absolute Gasteiger partial charge is 0.323 e. The van der Waals surface area contributed by atoms with Crippen molar-refractivity contribution < 1.29 is 9.53 Å². The summed E-state index contributed by atoms with van der Waals surface area (Å²) in [5.41, 5.74) is 0.740. The molecule has 1 fully saturated rings. The van der Waals surface area contributed by atoms with Gasteiger partial charge in [0.05, 0.1) is 0 Å². The molecule has 0 radical (unpaired) electrons. The van der Waals surface area contributed by atoms with Crippen molar-refractivity contribution in [2.45, 2.75) is 31.9 Å². The molecule has 0 bridgehead atoms.